The Balaban J connectivity index is 1.29. The maximum atomic E-state index is 11.9. The highest BCUT2D eigenvalue weighted by Gasteiger charge is 2.10. The number of fused-ring (bicyclic) bond motifs is 1. The fourth-order valence-corrected chi connectivity index (χ4v) is 3.76. The average Bonchev–Trinajstić information content (AvgIpc) is 3.34. The lowest BCUT2D eigenvalue weighted by atomic mass is 10.3. The number of oxazole rings is 1. The maximum Gasteiger partial charge on any atom is 0.321 e. The first kappa shape index (κ1) is 15.7. The summed E-state index contributed by atoms with van der Waals surface area (Å²) in [6.45, 7) is 0.412. The molecule has 0 aliphatic rings. The second-order valence-electron chi connectivity index (χ2n) is 5.10. The van der Waals surface area contributed by atoms with Crippen LogP contribution in [0.3, 0.4) is 0 Å². The third kappa shape index (κ3) is 3.67. The zero-order valence-corrected chi connectivity index (χ0v) is 14.6. The topological polar surface area (TPSA) is 92.9 Å². The van der Waals surface area contributed by atoms with E-state index in [0.29, 0.717) is 24.0 Å². The highest BCUT2D eigenvalue weighted by atomic mass is 32.1. The van der Waals surface area contributed by atoms with E-state index >= 15 is 0 Å². The van der Waals surface area contributed by atoms with E-state index in [1.54, 1.807) is 11.3 Å². The molecule has 0 atom stereocenters. The Hall–Kier alpha value is -2.78. The predicted octanol–water partition coefficient (Wildman–Crippen LogP) is 3.77. The molecule has 0 radical (unpaired) electrons. The van der Waals surface area contributed by atoms with E-state index in [1.165, 1.54) is 11.3 Å². The van der Waals surface area contributed by atoms with Crippen molar-refractivity contribution in [1.82, 2.24) is 20.5 Å². The number of hydrogen-bond donors (Lipinski definition) is 2. The molecule has 3 aromatic heterocycles. The van der Waals surface area contributed by atoms with E-state index in [2.05, 4.69) is 25.8 Å². The van der Waals surface area contributed by atoms with Crippen LogP contribution in [0, 0.1) is 0 Å². The maximum absolute atomic E-state index is 11.9. The molecule has 0 unspecified atom stereocenters. The standard InChI is InChI=1S/C16H13N5O2S2/c22-15(19-16-21-20-14(25-16)12-6-3-9-24-12)17-8-7-13-18-10-4-1-2-5-11(10)23-13/h1-6,9H,7-8H2,(H2,17,19,21,22). The lowest BCUT2D eigenvalue weighted by Crippen LogP contribution is -2.30. The van der Waals surface area contributed by atoms with Crippen LogP contribution >= 0.6 is 22.7 Å². The van der Waals surface area contributed by atoms with Crippen molar-refractivity contribution in [3.63, 3.8) is 0 Å². The molecule has 1 aromatic carbocycles. The normalized spacial score (nSPS) is 10.9. The number of carbonyl (C=O) groups excluding carboxylic acids is 1. The number of amides is 2. The Kier molecular flexibility index (Phi) is 4.40. The van der Waals surface area contributed by atoms with E-state index in [9.17, 15) is 4.79 Å². The molecule has 0 aliphatic heterocycles. The van der Waals surface area contributed by atoms with Crippen LogP contribution in [0.4, 0.5) is 9.93 Å². The number of nitrogens with zero attached hydrogens (tertiary/aromatic N) is 3. The molecule has 126 valence electrons. The molecule has 4 rings (SSSR count). The first-order chi connectivity index (χ1) is 12.3. The molecule has 0 saturated carbocycles. The number of rotatable bonds is 5. The van der Waals surface area contributed by atoms with Gasteiger partial charge in [0.15, 0.2) is 16.5 Å². The van der Waals surface area contributed by atoms with Crippen molar-refractivity contribution in [1.29, 1.82) is 0 Å². The van der Waals surface area contributed by atoms with Crippen molar-refractivity contribution in [3.05, 3.63) is 47.7 Å². The van der Waals surface area contributed by atoms with Gasteiger partial charge in [-0.05, 0) is 23.6 Å². The molecular weight excluding hydrogens is 358 g/mol. The van der Waals surface area contributed by atoms with Gasteiger partial charge in [0, 0.05) is 13.0 Å². The highest BCUT2D eigenvalue weighted by Crippen LogP contribution is 2.29. The quantitative estimate of drug-likeness (QED) is 0.557. The van der Waals surface area contributed by atoms with Crippen LogP contribution in [0.25, 0.3) is 21.0 Å². The van der Waals surface area contributed by atoms with Gasteiger partial charge in [-0.25, -0.2) is 9.78 Å². The summed E-state index contributed by atoms with van der Waals surface area (Å²) in [5.41, 5.74) is 1.56. The second kappa shape index (κ2) is 6.99. The summed E-state index contributed by atoms with van der Waals surface area (Å²) in [6, 6.07) is 11.2. The monoisotopic (exact) mass is 371 g/mol. The first-order valence-electron chi connectivity index (χ1n) is 7.54. The van der Waals surface area contributed by atoms with Gasteiger partial charge < -0.3 is 9.73 Å². The lowest BCUT2D eigenvalue weighted by molar-refractivity contribution is 0.252. The summed E-state index contributed by atoms with van der Waals surface area (Å²) < 4.78 is 5.61. The summed E-state index contributed by atoms with van der Waals surface area (Å²) in [6.07, 6.45) is 0.513. The van der Waals surface area contributed by atoms with E-state index in [4.69, 9.17) is 4.42 Å². The van der Waals surface area contributed by atoms with Gasteiger partial charge in [-0.1, -0.05) is 29.5 Å². The molecule has 0 aliphatic carbocycles. The zero-order chi connectivity index (χ0) is 17.1. The minimum atomic E-state index is -0.329. The fraction of sp³-hybridized carbons (Fsp3) is 0.125. The van der Waals surface area contributed by atoms with Gasteiger partial charge in [0.05, 0.1) is 4.88 Å². The van der Waals surface area contributed by atoms with Gasteiger partial charge in [-0.15, -0.1) is 21.5 Å². The minimum absolute atomic E-state index is 0.329. The minimum Gasteiger partial charge on any atom is -0.441 e. The first-order valence-corrected chi connectivity index (χ1v) is 9.24. The number of thiophene rings is 1. The van der Waals surface area contributed by atoms with Crippen LogP contribution < -0.4 is 10.6 Å². The second-order valence-corrected chi connectivity index (χ2v) is 7.02. The number of carbonyl (C=O) groups is 1. The van der Waals surface area contributed by atoms with Gasteiger partial charge in [0.1, 0.15) is 5.52 Å². The summed E-state index contributed by atoms with van der Waals surface area (Å²) in [7, 11) is 0. The van der Waals surface area contributed by atoms with Gasteiger partial charge in [-0.3, -0.25) is 5.32 Å². The number of benzene rings is 1. The third-order valence-corrected chi connectivity index (χ3v) is 5.22. The Morgan fingerprint density at radius 2 is 2.08 bits per heavy atom. The van der Waals surface area contributed by atoms with E-state index < -0.39 is 0 Å². The number of urea groups is 1. The number of hydrogen-bond acceptors (Lipinski definition) is 7. The molecule has 0 spiro atoms. The molecule has 9 heteroatoms. The molecule has 7 nitrogen and oxygen atoms in total. The van der Waals surface area contributed by atoms with Crippen molar-refractivity contribution < 1.29 is 9.21 Å². The van der Waals surface area contributed by atoms with Crippen LogP contribution in [-0.2, 0) is 6.42 Å². The van der Waals surface area contributed by atoms with Gasteiger partial charge in [0.25, 0.3) is 0 Å². The third-order valence-electron chi connectivity index (χ3n) is 3.34. The lowest BCUT2D eigenvalue weighted by Gasteiger charge is -2.02. The SMILES string of the molecule is O=C(NCCc1nc2ccccc2o1)Nc1nnc(-c2cccs2)s1. The summed E-state index contributed by atoms with van der Waals surface area (Å²) >= 11 is 2.92. The average molecular weight is 371 g/mol. The fourth-order valence-electron chi connectivity index (χ4n) is 2.22. The molecular formula is C16H13N5O2S2. The highest BCUT2D eigenvalue weighted by molar-refractivity contribution is 7.23. The number of nitrogens with one attached hydrogen (secondary N) is 2. The molecule has 3 heterocycles. The van der Waals surface area contributed by atoms with E-state index in [-0.39, 0.29) is 6.03 Å². The van der Waals surface area contributed by atoms with E-state index in [1.807, 2.05) is 41.8 Å². The molecule has 4 aromatic rings. The Morgan fingerprint density at radius 3 is 2.92 bits per heavy atom. The van der Waals surface area contributed by atoms with E-state index in [0.717, 1.165) is 21.0 Å². The zero-order valence-electron chi connectivity index (χ0n) is 12.9. The molecule has 2 N–H and O–H groups in total. The van der Waals surface area contributed by atoms with Crippen LogP contribution in [0.2, 0.25) is 0 Å². The van der Waals surface area contributed by atoms with Crippen molar-refractivity contribution in [2.45, 2.75) is 6.42 Å². The Morgan fingerprint density at radius 1 is 1.16 bits per heavy atom. The Bertz CT molecular complexity index is 960. The molecule has 0 fully saturated rings. The van der Waals surface area contributed by atoms with Crippen molar-refractivity contribution >= 4 is 44.9 Å². The number of anilines is 1. The predicted molar refractivity (Wildman–Crippen MR) is 98.0 cm³/mol. The molecule has 0 saturated heterocycles. The number of aromatic nitrogens is 3. The van der Waals surface area contributed by atoms with Crippen LogP contribution in [0.1, 0.15) is 5.89 Å². The van der Waals surface area contributed by atoms with Gasteiger partial charge >= 0.3 is 6.03 Å². The van der Waals surface area contributed by atoms with Crippen molar-refractivity contribution in [2.75, 3.05) is 11.9 Å². The smallest absolute Gasteiger partial charge is 0.321 e. The molecule has 2 amide bonds. The summed E-state index contributed by atoms with van der Waals surface area (Å²) in [4.78, 5) is 17.3. The van der Waals surface area contributed by atoms with Crippen LogP contribution in [-0.4, -0.2) is 27.8 Å². The largest absolute Gasteiger partial charge is 0.441 e. The molecule has 25 heavy (non-hydrogen) atoms. The van der Waals surface area contributed by atoms with Crippen LogP contribution in [0.5, 0.6) is 0 Å². The van der Waals surface area contributed by atoms with Crippen LogP contribution in [0.15, 0.2) is 46.2 Å². The van der Waals surface area contributed by atoms with Gasteiger partial charge in [-0.2, -0.15) is 0 Å². The number of para-hydroxylation sites is 2. The molecule has 0 bridgehead atoms. The van der Waals surface area contributed by atoms with Crippen molar-refractivity contribution in [2.24, 2.45) is 0 Å². The summed E-state index contributed by atoms with van der Waals surface area (Å²) in [5.74, 6) is 0.595. The van der Waals surface area contributed by atoms with Gasteiger partial charge in [0.2, 0.25) is 5.13 Å². The Labute approximate surface area is 150 Å². The summed E-state index contributed by atoms with van der Waals surface area (Å²) in [5, 5.41) is 16.7. The van der Waals surface area contributed by atoms with Crippen molar-refractivity contribution in [3.8, 4) is 9.88 Å².